The van der Waals surface area contributed by atoms with Crippen LogP contribution < -0.4 is 9.64 Å². The van der Waals surface area contributed by atoms with E-state index in [1.54, 1.807) is 34.9 Å². The van der Waals surface area contributed by atoms with Gasteiger partial charge in [-0.05, 0) is 75.6 Å². The summed E-state index contributed by atoms with van der Waals surface area (Å²) < 4.78 is 19.9. The number of hydrogen-bond donors (Lipinski definition) is 0. The fourth-order valence-electron chi connectivity index (χ4n) is 3.13. The fraction of sp³-hybridized carbons (Fsp3) is 0.136. The molecule has 1 fully saturated rings. The van der Waals surface area contributed by atoms with Crippen LogP contribution in [0.4, 0.5) is 10.1 Å². The summed E-state index contributed by atoms with van der Waals surface area (Å²) in [6.07, 6.45) is 0. The molecule has 0 saturated carbocycles. The normalized spacial score (nSPS) is 16.3. The Morgan fingerprint density at radius 1 is 1.14 bits per heavy atom. The Bertz CT molecular complexity index is 1050. The number of halogens is 3. The number of benzene rings is 3. The second-order valence-corrected chi connectivity index (χ2v) is 8.87. The highest BCUT2D eigenvalue weighted by molar-refractivity contribution is 9.10. The number of carbonyl (C=O) groups is 1. The van der Waals surface area contributed by atoms with E-state index in [4.69, 9.17) is 16.3 Å². The first-order valence-corrected chi connectivity index (χ1v) is 11.1. The molecule has 1 atom stereocenters. The number of hydrogen-bond acceptors (Lipinski definition) is 3. The Hall–Kier alpha value is -2.02. The van der Waals surface area contributed by atoms with Crippen molar-refractivity contribution in [3.05, 3.63) is 93.2 Å². The summed E-state index contributed by atoms with van der Waals surface area (Å²) in [5, 5.41) is 0.504. The molecular formula is C22H16BrClFNO2S. The number of ether oxygens (including phenoxy) is 1. The second kappa shape index (κ2) is 8.78. The van der Waals surface area contributed by atoms with E-state index in [0.29, 0.717) is 16.5 Å². The van der Waals surface area contributed by atoms with Crippen LogP contribution in [0, 0.1) is 5.82 Å². The summed E-state index contributed by atoms with van der Waals surface area (Å²) in [5.41, 5.74) is 2.56. The summed E-state index contributed by atoms with van der Waals surface area (Å²) in [7, 11) is 0. The molecule has 1 aliphatic rings. The van der Waals surface area contributed by atoms with Gasteiger partial charge in [0.1, 0.15) is 23.5 Å². The minimum absolute atomic E-state index is 0.0601. The number of amides is 1. The minimum atomic E-state index is -0.286. The average Bonchev–Trinajstić information content (AvgIpc) is 3.09. The Morgan fingerprint density at radius 2 is 1.93 bits per heavy atom. The zero-order chi connectivity index (χ0) is 20.4. The maximum atomic E-state index is 13.3. The number of rotatable bonds is 5. The Kier molecular flexibility index (Phi) is 6.13. The lowest BCUT2D eigenvalue weighted by Crippen LogP contribution is -2.27. The Labute approximate surface area is 185 Å². The van der Waals surface area contributed by atoms with Gasteiger partial charge in [0.15, 0.2) is 0 Å². The van der Waals surface area contributed by atoms with Crippen molar-refractivity contribution in [3.63, 3.8) is 0 Å². The summed E-state index contributed by atoms with van der Waals surface area (Å²) in [6.45, 7) is 0.267. The van der Waals surface area contributed by atoms with Crippen molar-refractivity contribution in [1.82, 2.24) is 0 Å². The molecule has 1 heterocycles. The van der Waals surface area contributed by atoms with Crippen molar-refractivity contribution in [3.8, 4) is 5.75 Å². The lowest BCUT2D eigenvalue weighted by molar-refractivity contribution is -0.115. The first-order chi connectivity index (χ1) is 14.0. The van der Waals surface area contributed by atoms with Gasteiger partial charge in [0, 0.05) is 10.7 Å². The molecule has 3 aromatic rings. The third-order valence-electron chi connectivity index (χ3n) is 4.50. The summed E-state index contributed by atoms with van der Waals surface area (Å²) in [6, 6.07) is 19.4. The van der Waals surface area contributed by atoms with E-state index in [2.05, 4.69) is 15.9 Å². The van der Waals surface area contributed by atoms with E-state index in [1.165, 1.54) is 12.1 Å². The molecule has 0 radical (unpaired) electrons. The van der Waals surface area contributed by atoms with Crippen LogP contribution in [-0.4, -0.2) is 11.7 Å². The van der Waals surface area contributed by atoms with Crippen LogP contribution in [0.5, 0.6) is 5.75 Å². The van der Waals surface area contributed by atoms with Gasteiger partial charge in [-0.25, -0.2) is 4.39 Å². The first-order valence-electron chi connectivity index (χ1n) is 8.87. The number of carbonyl (C=O) groups excluding carboxylic acids is 1. The SMILES string of the molecule is O=C1CS[C@H](c2ccc(OCc3cccc(F)c3)c(Br)c2)N1c1ccc(Cl)cc1. The van der Waals surface area contributed by atoms with Crippen molar-refractivity contribution in [2.45, 2.75) is 12.0 Å². The number of nitrogens with zero attached hydrogens (tertiary/aromatic N) is 1. The van der Waals surface area contributed by atoms with Gasteiger partial charge in [0.05, 0.1) is 10.2 Å². The highest BCUT2D eigenvalue weighted by Gasteiger charge is 2.34. The second-order valence-electron chi connectivity index (χ2n) is 6.51. The average molecular weight is 493 g/mol. The molecule has 1 saturated heterocycles. The van der Waals surface area contributed by atoms with E-state index in [9.17, 15) is 9.18 Å². The third kappa shape index (κ3) is 4.60. The molecule has 7 heteroatoms. The third-order valence-corrected chi connectivity index (χ3v) is 6.58. The molecule has 29 heavy (non-hydrogen) atoms. The van der Waals surface area contributed by atoms with Crippen molar-refractivity contribution in [1.29, 1.82) is 0 Å². The van der Waals surface area contributed by atoms with Gasteiger partial charge in [0.2, 0.25) is 5.91 Å². The van der Waals surface area contributed by atoms with Gasteiger partial charge in [-0.1, -0.05) is 29.8 Å². The summed E-state index contributed by atoms with van der Waals surface area (Å²) in [5.74, 6) is 0.851. The molecule has 0 N–H and O–H groups in total. The molecule has 1 aliphatic heterocycles. The molecule has 0 unspecified atom stereocenters. The minimum Gasteiger partial charge on any atom is -0.488 e. The maximum Gasteiger partial charge on any atom is 0.238 e. The fourth-order valence-corrected chi connectivity index (χ4v) is 4.93. The van der Waals surface area contributed by atoms with Gasteiger partial charge in [-0.2, -0.15) is 0 Å². The molecule has 3 nitrogen and oxygen atoms in total. The lowest BCUT2D eigenvalue weighted by atomic mass is 10.1. The van der Waals surface area contributed by atoms with Gasteiger partial charge >= 0.3 is 0 Å². The van der Waals surface area contributed by atoms with Gasteiger partial charge in [-0.3, -0.25) is 9.69 Å². The quantitative estimate of drug-likeness (QED) is 0.402. The van der Waals surface area contributed by atoms with Gasteiger partial charge in [0.25, 0.3) is 0 Å². The van der Waals surface area contributed by atoms with E-state index < -0.39 is 0 Å². The molecule has 148 valence electrons. The van der Waals surface area contributed by atoms with Crippen LogP contribution >= 0.6 is 39.3 Å². The monoisotopic (exact) mass is 491 g/mol. The smallest absolute Gasteiger partial charge is 0.238 e. The predicted octanol–water partition coefficient (Wildman–Crippen LogP) is 6.60. The number of thioether (sulfide) groups is 1. The standard InChI is InChI=1S/C22H16BrClFNO2S/c23-19-11-15(4-9-20(19)28-12-14-2-1-3-17(25)10-14)22-26(21(27)13-29-22)18-7-5-16(24)6-8-18/h1-11,22H,12-13H2/t22-/m1/s1. The van der Waals surface area contributed by atoms with E-state index in [0.717, 1.165) is 21.3 Å². The Balaban J connectivity index is 1.53. The molecule has 0 bridgehead atoms. The zero-order valence-corrected chi connectivity index (χ0v) is 18.3. The van der Waals surface area contributed by atoms with Crippen LogP contribution in [0.1, 0.15) is 16.5 Å². The molecule has 1 amide bonds. The van der Waals surface area contributed by atoms with Crippen molar-refractivity contribution >= 4 is 50.9 Å². The van der Waals surface area contributed by atoms with Crippen LogP contribution in [0.3, 0.4) is 0 Å². The molecular weight excluding hydrogens is 477 g/mol. The maximum absolute atomic E-state index is 13.3. The summed E-state index contributed by atoms with van der Waals surface area (Å²) >= 11 is 11.1. The van der Waals surface area contributed by atoms with Crippen molar-refractivity contribution in [2.75, 3.05) is 10.7 Å². The molecule has 0 aromatic heterocycles. The van der Waals surface area contributed by atoms with E-state index >= 15 is 0 Å². The molecule has 3 aromatic carbocycles. The lowest BCUT2D eigenvalue weighted by Gasteiger charge is -2.25. The van der Waals surface area contributed by atoms with Crippen molar-refractivity contribution < 1.29 is 13.9 Å². The topological polar surface area (TPSA) is 29.5 Å². The number of anilines is 1. The molecule has 0 spiro atoms. The van der Waals surface area contributed by atoms with Gasteiger partial charge < -0.3 is 4.74 Å². The summed E-state index contributed by atoms with van der Waals surface area (Å²) in [4.78, 5) is 14.3. The molecule has 0 aliphatic carbocycles. The van der Waals surface area contributed by atoms with Gasteiger partial charge in [-0.15, -0.1) is 11.8 Å². The Morgan fingerprint density at radius 3 is 2.66 bits per heavy atom. The van der Waals surface area contributed by atoms with E-state index in [1.807, 2.05) is 36.4 Å². The van der Waals surface area contributed by atoms with Crippen LogP contribution in [0.2, 0.25) is 5.02 Å². The highest BCUT2D eigenvalue weighted by Crippen LogP contribution is 2.43. The van der Waals surface area contributed by atoms with Crippen LogP contribution in [0.15, 0.2) is 71.2 Å². The van der Waals surface area contributed by atoms with Crippen LogP contribution in [-0.2, 0) is 11.4 Å². The van der Waals surface area contributed by atoms with Crippen LogP contribution in [0.25, 0.3) is 0 Å². The highest BCUT2D eigenvalue weighted by atomic mass is 79.9. The molecule has 4 rings (SSSR count). The first kappa shape index (κ1) is 20.3. The predicted molar refractivity (Wildman–Crippen MR) is 119 cm³/mol. The largest absolute Gasteiger partial charge is 0.488 e. The zero-order valence-electron chi connectivity index (χ0n) is 15.1. The van der Waals surface area contributed by atoms with E-state index in [-0.39, 0.29) is 23.7 Å². The van der Waals surface area contributed by atoms with Crippen molar-refractivity contribution in [2.24, 2.45) is 0 Å².